The molecule has 7 heteroatoms. The molecule has 1 N–H and O–H groups in total. The minimum atomic E-state index is -0.463. The van der Waals surface area contributed by atoms with E-state index < -0.39 is 5.91 Å². The second-order valence-electron chi connectivity index (χ2n) is 6.47. The number of fused-ring (bicyclic) bond motifs is 2. The first kappa shape index (κ1) is 18.7. The third kappa shape index (κ3) is 3.22. The van der Waals surface area contributed by atoms with Crippen molar-refractivity contribution in [1.82, 2.24) is 9.88 Å². The number of aryl methyl sites for hydroxylation is 1. The van der Waals surface area contributed by atoms with Crippen LogP contribution in [0.1, 0.15) is 12.5 Å². The van der Waals surface area contributed by atoms with Gasteiger partial charge in [-0.15, -0.1) is 0 Å². The van der Waals surface area contributed by atoms with Gasteiger partial charge in [-0.1, -0.05) is 24.6 Å². The summed E-state index contributed by atoms with van der Waals surface area (Å²) in [6.07, 6.45) is 2.45. The maximum absolute atomic E-state index is 13.1. The van der Waals surface area contributed by atoms with Crippen molar-refractivity contribution in [2.45, 2.75) is 19.9 Å². The Labute approximate surface area is 161 Å². The van der Waals surface area contributed by atoms with Crippen LogP contribution in [0, 0.1) is 11.5 Å². The van der Waals surface area contributed by atoms with Crippen LogP contribution in [0.4, 0.5) is 5.69 Å². The van der Waals surface area contributed by atoms with Crippen LogP contribution >= 0.6 is 11.6 Å². The lowest BCUT2D eigenvalue weighted by Crippen LogP contribution is -2.26. The van der Waals surface area contributed by atoms with Crippen molar-refractivity contribution in [2.24, 2.45) is 0 Å². The fourth-order valence-electron chi connectivity index (χ4n) is 3.32. The Kier molecular flexibility index (Phi) is 5.06. The molecule has 1 heterocycles. The third-order valence-corrected chi connectivity index (χ3v) is 4.87. The number of nitrogens with one attached hydrogen (secondary N) is 1. The average Bonchev–Trinajstić information content (AvgIpc) is 2.64. The molecule has 0 saturated heterocycles. The van der Waals surface area contributed by atoms with Gasteiger partial charge in [0, 0.05) is 24.9 Å². The highest BCUT2D eigenvalue weighted by Gasteiger charge is 2.19. The zero-order chi connectivity index (χ0) is 19.7. The monoisotopic (exact) mass is 382 g/mol. The van der Waals surface area contributed by atoms with Crippen LogP contribution < -0.4 is 15.6 Å². The van der Waals surface area contributed by atoms with E-state index in [1.165, 1.54) is 0 Å². The average molecular weight is 383 g/mol. The number of aromatic nitrogens is 1. The summed E-state index contributed by atoms with van der Waals surface area (Å²) in [4.78, 5) is 27.2. The molecule has 27 heavy (non-hydrogen) atoms. The van der Waals surface area contributed by atoms with E-state index in [1.54, 1.807) is 29.0 Å². The highest BCUT2D eigenvalue weighted by atomic mass is 35.5. The molecule has 2 aromatic carbocycles. The fourth-order valence-corrected chi connectivity index (χ4v) is 3.65. The number of hydrogen-bond acceptors (Lipinski definition) is 4. The molecule has 0 bridgehead atoms. The lowest BCUT2D eigenvalue weighted by molar-refractivity contribution is -0.120. The lowest BCUT2D eigenvalue weighted by Gasteiger charge is -2.22. The van der Waals surface area contributed by atoms with Crippen molar-refractivity contribution in [3.05, 3.63) is 51.1 Å². The largest absolute Gasteiger partial charge is 0.375 e. The van der Waals surface area contributed by atoms with Gasteiger partial charge in [0.15, 0.2) is 11.6 Å². The Morgan fingerprint density at radius 3 is 2.59 bits per heavy atom. The Bertz CT molecular complexity index is 1160. The van der Waals surface area contributed by atoms with Crippen LogP contribution in [-0.4, -0.2) is 24.6 Å². The number of benzene rings is 2. The first-order chi connectivity index (χ1) is 12.9. The summed E-state index contributed by atoms with van der Waals surface area (Å²) in [5.74, 6) is -0.463. The van der Waals surface area contributed by atoms with Gasteiger partial charge in [0.1, 0.15) is 6.54 Å². The molecule has 3 rings (SSSR count). The smallest absolute Gasteiger partial charge is 0.252 e. The van der Waals surface area contributed by atoms with E-state index in [9.17, 15) is 9.59 Å². The summed E-state index contributed by atoms with van der Waals surface area (Å²) in [7, 11) is 3.66. The van der Waals surface area contributed by atoms with Crippen molar-refractivity contribution < 1.29 is 4.79 Å². The third-order valence-electron chi connectivity index (χ3n) is 4.57. The van der Waals surface area contributed by atoms with E-state index in [1.807, 2.05) is 38.1 Å². The van der Waals surface area contributed by atoms with E-state index in [0.717, 1.165) is 12.0 Å². The topological polar surface area (TPSA) is 78.1 Å². The molecule has 3 aromatic rings. The van der Waals surface area contributed by atoms with Gasteiger partial charge in [-0.3, -0.25) is 14.9 Å². The number of anilines is 1. The summed E-state index contributed by atoms with van der Waals surface area (Å²) in [6, 6.07) is 8.98. The minimum Gasteiger partial charge on any atom is -0.375 e. The number of carbonyl (C=O) groups excluding carboxylic acids is 1. The van der Waals surface area contributed by atoms with Crippen molar-refractivity contribution in [2.75, 3.05) is 19.0 Å². The minimum absolute atomic E-state index is 0.102. The van der Waals surface area contributed by atoms with Crippen LogP contribution in [0.2, 0.25) is 5.02 Å². The number of hydrogen-bond donors (Lipinski definition) is 1. The molecular weight excluding hydrogens is 364 g/mol. The van der Waals surface area contributed by atoms with Gasteiger partial charge in [0.2, 0.25) is 0 Å². The Hall–Kier alpha value is -3.04. The zero-order valence-electron chi connectivity index (χ0n) is 15.3. The quantitative estimate of drug-likeness (QED) is 0.427. The summed E-state index contributed by atoms with van der Waals surface area (Å²) >= 11 is 6.42. The van der Waals surface area contributed by atoms with E-state index in [2.05, 4.69) is 5.32 Å². The van der Waals surface area contributed by atoms with Crippen molar-refractivity contribution in [3.63, 3.8) is 0 Å². The zero-order valence-corrected chi connectivity index (χ0v) is 16.1. The summed E-state index contributed by atoms with van der Waals surface area (Å²) in [5, 5.41) is 12.4. The molecular formula is C20H19ClN4O2. The van der Waals surface area contributed by atoms with Gasteiger partial charge in [0.25, 0.3) is 5.91 Å². The normalized spacial score (nSPS) is 10.8. The number of amides is 1. The van der Waals surface area contributed by atoms with Crippen LogP contribution in [-0.2, 0) is 17.8 Å². The molecule has 0 radical (unpaired) electrons. The molecule has 6 nitrogen and oxygen atoms in total. The van der Waals surface area contributed by atoms with Gasteiger partial charge in [0.05, 0.1) is 21.7 Å². The Morgan fingerprint density at radius 2 is 1.96 bits per heavy atom. The van der Waals surface area contributed by atoms with Crippen LogP contribution in [0.25, 0.3) is 21.8 Å². The van der Waals surface area contributed by atoms with Crippen molar-refractivity contribution in [3.8, 4) is 6.19 Å². The number of nitrogens with zero attached hydrogens (tertiary/aromatic N) is 3. The van der Waals surface area contributed by atoms with E-state index in [4.69, 9.17) is 16.9 Å². The number of halogens is 1. The summed E-state index contributed by atoms with van der Waals surface area (Å²) < 4.78 is 1.76. The van der Waals surface area contributed by atoms with Gasteiger partial charge in [-0.25, -0.2) is 0 Å². The van der Waals surface area contributed by atoms with Gasteiger partial charge < -0.3 is 9.47 Å². The molecule has 0 aliphatic heterocycles. The maximum Gasteiger partial charge on any atom is 0.252 e. The van der Waals surface area contributed by atoms with Gasteiger partial charge >= 0.3 is 0 Å². The van der Waals surface area contributed by atoms with Gasteiger partial charge in [-0.2, -0.15) is 5.26 Å². The molecule has 0 unspecified atom stereocenters. The van der Waals surface area contributed by atoms with Crippen molar-refractivity contribution in [1.29, 1.82) is 5.26 Å². The molecule has 0 spiro atoms. The molecule has 1 aromatic heterocycles. The Balaban J connectivity index is 2.54. The standard InChI is InChI=1S/C20H19ClN4O2/c1-4-12-5-6-13-16(9-12)25(10-17(26)23-11-22)18-14(20(13)27)7-8-15(21)19(18)24(2)3/h5-9H,4,10H2,1-3H3,(H,23,26). The molecule has 0 fully saturated rings. The number of rotatable bonds is 4. The second-order valence-corrected chi connectivity index (χ2v) is 6.87. The predicted molar refractivity (Wildman–Crippen MR) is 108 cm³/mol. The molecule has 138 valence electrons. The first-order valence-corrected chi connectivity index (χ1v) is 8.89. The number of nitriles is 1. The molecule has 0 atom stereocenters. The van der Waals surface area contributed by atoms with Gasteiger partial charge in [-0.05, 0) is 36.2 Å². The van der Waals surface area contributed by atoms with Crippen molar-refractivity contribution >= 4 is 45.0 Å². The number of pyridine rings is 1. The van der Waals surface area contributed by atoms with Crippen LogP contribution in [0.15, 0.2) is 35.1 Å². The predicted octanol–water partition coefficient (Wildman–Crippen LogP) is 3.03. The lowest BCUT2D eigenvalue weighted by atomic mass is 10.0. The summed E-state index contributed by atoms with van der Waals surface area (Å²) in [5.41, 5.74) is 2.81. The van der Waals surface area contributed by atoms with Crippen LogP contribution in [0.3, 0.4) is 0 Å². The highest BCUT2D eigenvalue weighted by Crippen LogP contribution is 2.34. The van der Waals surface area contributed by atoms with Crippen LogP contribution in [0.5, 0.6) is 0 Å². The molecule has 0 saturated carbocycles. The fraction of sp³-hybridized carbons (Fsp3) is 0.250. The van der Waals surface area contributed by atoms with E-state index >= 15 is 0 Å². The van der Waals surface area contributed by atoms with E-state index in [0.29, 0.717) is 32.5 Å². The highest BCUT2D eigenvalue weighted by molar-refractivity contribution is 6.35. The SMILES string of the molecule is CCc1ccc2c(=O)c3ccc(Cl)c(N(C)C)c3n(CC(=O)NC#N)c2c1. The van der Waals surface area contributed by atoms with E-state index in [-0.39, 0.29) is 12.0 Å². The first-order valence-electron chi connectivity index (χ1n) is 8.52. The Morgan fingerprint density at radius 1 is 1.26 bits per heavy atom. The molecule has 0 aliphatic carbocycles. The second kappa shape index (κ2) is 7.29. The summed E-state index contributed by atoms with van der Waals surface area (Å²) in [6.45, 7) is 1.92. The maximum atomic E-state index is 13.1. The molecule has 0 aliphatic rings. The number of carbonyl (C=O) groups is 1. The molecule has 1 amide bonds.